The highest BCUT2D eigenvalue weighted by Gasteiger charge is 2.50. The standard InChI is InChI=1S/C13H24N2O/c1-10-7-15(12-5-6-16-8-12)13(2,9-14-10)11-3-4-11/h10-12,14H,3-9H2,1-2H3. The first-order valence-electron chi connectivity index (χ1n) is 6.78. The van der Waals surface area contributed by atoms with Gasteiger partial charge in [0.1, 0.15) is 0 Å². The largest absolute Gasteiger partial charge is 0.380 e. The monoisotopic (exact) mass is 224 g/mol. The van der Waals surface area contributed by atoms with Gasteiger partial charge < -0.3 is 10.1 Å². The van der Waals surface area contributed by atoms with Crippen molar-refractivity contribution in [3.05, 3.63) is 0 Å². The Morgan fingerprint density at radius 2 is 2.12 bits per heavy atom. The third kappa shape index (κ3) is 1.79. The number of hydrogen-bond donors (Lipinski definition) is 1. The summed E-state index contributed by atoms with van der Waals surface area (Å²) in [7, 11) is 0. The van der Waals surface area contributed by atoms with Gasteiger partial charge in [0, 0.05) is 37.3 Å². The predicted molar refractivity (Wildman–Crippen MR) is 64.5 cm³/mol. The maximum Gasteiger partial charge on any atom is 0.0622 e. The third-order valence-corrected chi connectivity index (χ3v) is 4.74. The molecule has 3 aliphatic rings. The average Bonchev–Trinajstić information content (AvgIpc) is 3.00. The van der Waals surface area contributed by atoms with Crippen LogP contribution in [0.3, 0.4) is 0 Å². The van der Waals surface area contributed by atoms with E-state index in [-0.39, 0.29) is 0 Å². The van der Waals surface area contributed by atoms with Gasteiger partial charge in [0.05, 0.1) is 6.61 Å². The molecule has 0 aromatic carbocycles. The zero-order valence-corrected chi connectivity index (χ0v) is 10.5. The molecule has 1 aliphatic carbocycles. The summed E-state index contributed by atoms with van der Waals surface area (Å²) in [6, 6.07) is 1.31. The van der Waals surface area contributed by atoms with Gasteiger partial charge in [-0.15, -0.1) is 0 Å². The first kappa shape index (κ1) is 11.0. The minimum Gasteiger partial charge on any atom is -0.380 e. The number of hydrogen-bond acceptors (Lipinski definition) is 3. The van der Waals surface area contributed by atoms with Crippen LogP contribution < -0.4 is 5.32 Å². The summed E-state index contributed by atoms with van der Waals surface area (Å²) in [4.78, 5) is 2.76. The van der Waals surface area contributed by atoms with Gasteiger partial charge in [-0.1, -0.05) is 0 Å². The fourth-order valence-electron chi connectivity index (χ4n) is 3.47. The van der Waals surface area contributed by atoms with Crippen molar-refractivity contribution in [2.45, 2.75) is 50.7 Å². The van der Waals surface area contributed by atoms with Gasteiger partial charge in [-0.05, 0) is 39.0 Å². The number of rotatable bonds is 2. The van der Waals surface area contributed by atoms with Crippen molar-refractivity contribution in [2.24, 2.45) is 5.92 Å². The number of piperazine rings is 1. The Hall–Kier alpha value is -0.120. The highest BCUT2D eigenvalue weighted by Crippen LogP contribution is 2.45. The molecule has 2 saturated heterocycles. The molecule has 0 aromatic rings. The minimum atomic E-state index is 0.394. The fourth-order valence-corrected chi connectivity index (χ4v) is 3.47. The maximum atomic E-state index is 5.58. The van der Waals surface area contributed by atoms with Gasteiger partial charge in [0.15, 0.2) is 0 Å². The zero-order chi connectivity index (χ0) is 11.2. The topological polar surface area (TPSA) is 24.5 Å². The first-order valence-corrected chi connectivity index (χ1v) is 6.78. The lowest BCUT2D eigenvalue weighted by Gasteiger charge is -2.50. The van der Waals surface area contributed by atoms with Crippen molar-refractivity contribution in [1.82, 2.24) is 10.2 Å². The van der Waals surface area contributed by atoms with E-state index in [4.69, 9.17) is 4.74 Å². The highest BCUT2D eigenvalue weighted by atomic mass is 16.5. The second-order valence-electron chi connectivity index (χ2n) is 6.08. The molecule has 3 heteroatoms. The van der Waals surface area contributed by atoms with Crippen LogP contribution in [0.2, 0.25) is 0 Å². The van der Waals surface area contributed by atoms with E-state index in [1.54, 1.807) is 0 Å². The van der Waals surface area contributed by atoms with Crippen LogP contribution in [-0.2, 0) is 4.74 Å². The Bertz CT molecular complexity index is 261. The lowest BCUT2D eigenvalue weighted by molar-refractivity contribution is -0.00249. The summed E-state index contributed by atoms with van der Waals surface area (Å²) in [5, 5.41) is 3.66. The van der Waals surface area contributed by atoms with Gasteiger partial charge in [-0.2, -0.15) is 0 Å². The van der Waals surface area contributed by atoms with E-state index in [0.717, 1.165) is 25.7 Å². The fraction of sp³-hybridized carbons (Fsp3) is 1.00. The van der Waals surface area contributed by atoms with Crippen molar-refractivity contribution < 1.29 is 4.74 Å². The quantitative estimate of drug-likeness (QED) is 0.764. The van der Waals surface area contributed by atoms with Crippen molar-refractivity contribution in [3.8, 4) is 0 Å². The van der Waals surface area contributed by atoms with Crippen LogP contribution in [0, 0.1) is 5.92 Å². The molecule has 3 unspecified atom stereocenters. The summed E-state index contributed by atoms with van der Waals surface area (Å²) in [5.41, 5.74) is 0.394. The Kier molecular flexibility index (Phi) is 2.73. The molecular formula is C13H24N2O. The molecule has 0 amide bonds. The number of ether oxygens (including phenoxy) is 1. The third-order valence-electron chi connectivity index (χ3n) is 4.74. The van der Waals surface area contributed by atoms with Crippen LogP contribution in [0.1, 0.15) is 33.1 Å². The lowest BCUT2D eigenvalue weighted by atomic mass is 9.88. The Balaban J connectivity index is 1.78. The molecule has 3 nitrogen and oxygen atoms in total. The SMILES string of the molecule is CC1CN(C2CCOC2)C(C)(C2CC2)CN1. The van der Waals surface area contributed by atoms with Crippen LogP contribution in [0.5, 0.6) is 0 Å². The smallest absolute Gasteiger partial charge is 0.0622 e. The van der Waals surface area contributed by atoms with Crippen molar-refractivity contribution in [3.63, 3.8) is 0 Å². The summed E-state index contributed by atoms with van der Waals surface area (Å²) in [6.45, 7) is 9.03. The molecule has 3 atom stereocenters. The number of nitrogens with zero attached hydrogens (tertiary/aromatic N) is 1. The van der Waals surface area contributed by atoms with E-state index in [2.05, 4.69) is 24.1 Å². The molecular weight excluding hydrogens is 200 g/mol. The normalized spacial score (nSPS) is 46.1. The first-order chi connectivity index (χ1) is 7.70. The van der Waals surface area contributed by atoms with E-state index in [0.29, 0.717) is 17.6 Å². The van der Waals surface area contributed by atoms with Crippen LogP contribution in [0.15, 0.2) is 0 Å². The van der Waals surface area contributed by atoms with Crippen LogP contribution in [-0.4, -0.2) is 48.8 Å². The molecule has 3 rings (SSSR count). The predicted octanol–water partition coefficient (Wildman–Crippen LogP) is 1.24. The van der Waals surface area contributed by atoms with Gasteiger partial charge in [0.2, 0.25) is 0 Å². The molecule has 0 bridgehead atoms. The summed E-state index contributed by atoms with van der Waals surface area (Å²) in [6.07, 6.45) is 4.09. The van der Waals surface area contributed by atoms with Gasteiger partial charge in [-0.3, -0.25) is 4.90 Å². The summed E-state index contributed by atoms with van der Waals surface area (Å²) < 4.78 is 5.58. The van der Waals surface area contributed by atoms with Crippen molar-refractivity contribution >= 4 is 0 Å². The second-order valence-corrected chi connectivity index (χ2v) is 6.08. The Labute approximate surface area is 98.5 Å². The molecule has 0 aromatic heterocycles. The van der Waals surface area contributed by atoms with E-state index in [1.165, 1.54) is 25.8 Å². The molecule has 2 aliphatic heterocycles. The van der Waals surface area contributed by atoms with E-state index >= 15 is 0 Å². The summed E-state index contributed by atoms with van der Waals surface area (Å²) in [5.74, 6) is 0.924. The summed E-state index contributed by atoms with van der Waals surface area (Å²) >= 11 is 0. The highest BCUT2D eigenvalue weighted by molar-refractivity contribution is 5.06. The molecule has 0 spiro atoms. The van der Waals surface area contributed by atoms with E-state index in [9.17, 15) is 0 Å². The van der Waals surface area contributed by atoms with Crippen molar-refractivity contribution in [2.75, 3.05) is 26.3 Å². The van der Waals surface area contributed by atoms with Gasteiger partial charge in [-0.25, -0.2) is 0 Å². The minimum absolute atomic E-state index is 0.394. The molecule has 1 saturated carbocycles. The Morgan fingerprint density at radius 1 is 1.31 bits per heavy atom. The molecule has 0 radical (unpaired) electrons. The Morgan fingerprint density at radius 3 is 2.75 bits per heavy atom. The maximum absolute atomic E-state index is 5.58. The van der Waals surface area contributed by atoms with Crippen LogP contribution >= 0.6 is 0 Å². The molecule has 1 N–H and O–H groups in total. The molecule has 3 fully saturated rings. The zero-order valence-electron chi connectivity index (χ0n) is 10.5. The van der Waals surface area contributed by atoms with E-state index in [1.807, 2.05) is 0 Å². The second kappa shape index (κ2) is 3.97. The van der Waals surface area contributed by atoms with E-state index < -0.39 is 0 Å². The lowest BCUT2D eigenvalue weighted by Crippen LogP contribution is -2.66. The van der Waals surface area contributed by atoms with Crippen molar-refractivity contribution in [1.29, 1.82) is 0 Å². The average molecular weight is 224 g/mol. The molecule has 16 heavy (non-hydrogen) atoms. The van der Waals surface area contributed by atoms with Gasteiger partial charge >= 0.3 is 0 Å². The molecule has 2 heterocycles. The molecule has 92 valence electrons. The van der Waals surface area contributed by atoms with Crippen LogP contribution in [0.25, 0.3) is 0 Å². The van der Waals surface area contributed by atoms with Crippen LogP contribution in [0.4, 0.5) is 0 Å². The van der Waals surface area contributed by atoms with Gasteiger partial charge in [0.25, 0.3) is 0 Å². The number of nitrogens with one attached hydrogen (secondary N) is 1.